The van der Waals surface area contributed by atoms with Gasteiger partial charge in [0.25, 0.3) is 0 Å². The van der Waals surface area contributed by atoms with Crippen LogP contribution in [0.15, 0.2) is 48.5 Å². The smallest absolute Gasteiger partial charge is 0.529 e. The first kappa shape index (κ1) is 11.6. The van der Waals surface area contributed by atoms with E-state index in [1.807, 2.05) is 62.4 Å². The van der Waals surface area contributed by atoms with E-state index < -0.39 is 0 Å². The predicted molar refractivity (Wildman–Crippen MR) is 70.8 cm³/mol. The minimum absolute atomic E-state index is 0.229. The van der Waals surface area contributed by atoms with E-state index in [9.17, 15) is 0 Å². The molecule has 0 atom stereocenters. The Kier molecular flexibility index (Phi) is 3.71. The first-order valence-corrected chi connectivity index (χ1v) is 5.63. The lowest BCUT2D eigenvalue weighted by atomic mass is 10.2. The van der Waals surface area contributed by atoms with E-state index in [1.54, 1.807) is 0 Å². The molecule has 0 aromatic heterocycles. The zero-order chi connectivity index (χ0) is 12.1. The summed E-state index contributed by atoms with van der Waals surface area (Å²) in [6.07, 6.45) is 0. The second-order valence-electron chi connectivity index (χ2n) is 4.04. The molecule has 2 aromatic rings. The Bertz CT molecular complexity index is 480. The molecule has 17 heavy (non-hydrogen) atoms. The van der Waals surface area contributed by atoms with Crippen LogP contribution >= 0.6 is 0 Å². The first-order chi connectivity index (χ1) is 8.24. The van der Waals surface area contributed by atoms with Gasteiger partial charge in [0.1, 0.15) is 11.5 Å². The van der Waals surface area contributed by atoms with Crippen molar-refractivity contribution in [1.82, 2.24) is 0 Å². The number of hydrogen-bond donors (Lipinski definition) is 0. The third-order valence-electron chi connectivity index (χ3n) is 2.46. The molecular weight excluding hydrogens is 211 g/mol. The monoisotopic (exact) mass is 226 g/mol. The number of rotatable bonds is 4. The minimum Gasteiger partial charge on any atom is -0.529 e. The quantitative estimate of drug-likeness (QED) is 0.746. The fourth-order valence-electron chi connectivity index (χ4n) is 1.51. The van der Waals surface area contributed by atoms with E-state index >= 15 is 0 Å². The molecule has 0 unspecified atom stereocenters. The molecule has 0 radical (unpaired) electrons. The molecule has 86 valence electrons. The van der Waals surface area contributed by atoms with Crippen LogP contribution in [0.5, 0.6) is 11.5 Å². The molecule has 0 heterocycles. The van der Waals surface area contributed by atoms with Gasteiger partial charge in [0.15, 0.2) is 0 Å². The summed E-state index contributed by atoms with van der Waals surface area (Å²) < 4.78 is 11.0. The molecule has 0 fully saturated rings. The maximum Gasteiger partial charge on any atom is 0.576 e. The summed E-state index contributed by atoms with van der Waals surface area (Å²) >= 11 is 0. The molecule has 0 aliphatic carbocycles. The van der Waals surface area contributed by atoms with Crippen LogP contribution < -0.4 is 9.31 Å². The molecule has 3 heteroatoms. The van der Waals surface area contributed by atoms with Gasteiger partial charge in [-0.3, -0.25) is 0 Å². The van der Waals surface area contributed by atoms with Gasteiger partial charge in [-0.05, 0) is 43.7 Å². The summed E-state index contributed by atoms with van der Waals surface area (Å²) in [5, 5.41) is 0. The topological polar surface area (TPSA) is 18.5 Å². The molecule has 2 aromatic carbocycles. The predicted octanol–water partition coefficient (Wildman–Crippen LogP) is 3.03. The van der Waals surface area contributed by atoms with Crippen molar-refractivity contribution in [3.63, 3.8) is 0 Å². The Balaban J connectivity index is 1.85. The zero-order valence-electron chi connectivity index (χ0n) is 10.1. The van der Waals surface area contributed by atoms with Gasteiger partial charge in [0, 0.05) is 0 Å². The Morgan fingerprint density at radius 2 is 1.47 bits per heavy atom. The van der Waals surface area contributed by atoms with E-state index in [2.05, 4.69) is 0 Å². The average molecular weight is 226 g/mol. The van der Waals surface area contributed by atoms with Crippen LogP contribution in [-0.2, 0) is 0 Å². The summed E-state index contributed by atoms with van der Waals surface area (Å²) in [6, 6.07) is 15.8. The first-order valence-electron chi connectivity index (χ1n) is 5.63. The summed E-state index contributed by atoms with van der Waals surface area (Å²) in [7, 11) is 0.229. The molecule has 0 amide bonds. The van der Waals surface area contributed by atoms with E-state index in [0.717, 1.165) is 11.5 Å². The lowest BCUT2D eigenvalue weighted by Crippen LogP contribution is -2.10. The van der Waals surface area contributed by atoms with Crippen LogP contribution in [0.25, 0.3) is 0 Å². The second kappa shape index (κ2) is 5.44. The average Bonchev–Trinajstić information content (AvgIpc) is 2.32. The van der Waals surface area contributed by atoms with Crippen LogP contribution in [0.3, 0.4) is 0 Å². The van der Waals surface area contributed by atoms with Gasteiger partial charge in [-0.1, -0.05) is 29.8 Å². The highest BCUT2D eigenvalue weighted by atomic mass is 16.6. The van der Waals surface area contributed by atoms with Crippen molar-refractivity contribution in [2.45, 2.75) is 13.8 Å². The Morgan fingerprint density at radius 1 is 0.765 bits per heavy atom. The van der Waals surface area contributed by atoms with Gasteiger partial charge < -0.3 is 9.31 Å². The molecule has 2 nitrogen and oxygen atoms in total. The van der Waals surface area contributed by atoms with Crippen LogP contribution in [-0.4, -0.2) is 7.69 Å². The van der Waals surface area contributed by atoms with Crippen molar-refractivity contribution in [3.8, 4) is 11.5 Å². The lowest BCUT2D eigenvalue weighted by molar-refractivity contribution is 0.459. The molecule has 0 bridgehead atoms. The van der Waals surface area contributed by atoms with Gasteiger partial charge in [-0.15, -0.1) is 0 Å². The van der Waals surface area contributed by atoms with Crippen molar-refractivity contribution in [3.05, 3.63) is 59.7 Å². The van der Waals surface area contributed by atoms with Gasteiger partial charge >= 0.3 is 7.69 Å². The van der Waals surface area contributed by atoms with E-state index in [-0.39, 0.29) is 7.69 Å². The molecule has 0 saturated heterocycles. The van der Waals surface area contributed by atoms with Crippen molar-refractivity contribution < 1.29 is 9.31 Å². The molecule has 0 aliphatic heterocycles. The lowest BCUT2D eigenvalue weighted by Gasteiger charge is -2.07. The molecule has 0 spiro atoms. The minimum atomic E-state index is 0.229. The maximum atomic E-state index is 5.50. The Labute approximate surface area is 103 Å². The van der Waals surface area contributed by atoms with E-state index in [1.165, 1.54) is 11.1 Å². The SMILES string of the molecule is Cc1ccc(OBOc2cccc(C)c2)cc1. The van der Waals surface area contributed by atoms with Gasteiger partial charge in [0.05, 0.1) is 0 Å². The molecular formula is C14H15BO2. The van der Waals surface area contributed by atoms with Crippen LogP contribution in [0.2, 0.25) is 0 Å². The summed E-state index contributed by atoms with van der Waals surface area (Å²) in [5.41, 5.74) is 2.40. The van der Waals surface area contributed by atoms with Gasteiger partial charge in [0.2, 0.25) is 0 Å². The molecule has 0 saturated carbocycles. The number of aryl methyl sites for hydroxylation is 2. The summed E-state index contributed by atoms with van der Waals surface area (Å²) in [5.74, 6) is 1.65. The largest absolute Gasteiger partial charge is 0.576 e. The maximum absolute atomic E-state index is 5.50. The van der Waals surface area contributed by atoms with E-state index in [0.29, 0.717) is 0 Å². The normalized spacial score (nSPS) is 9.76. The highest BCUT2D eigenvalue weighted by molar-refractivity contribution is 6.20. The Hall–Kier alpha value is -1.90. The van der Waals surface area contributed by atoms with Crippen molar-refractivity contribution >= 4 is 7.69 Å². The molecule has 2 rings (SSSR count). The van der Waals surface area contributed by atoms with E-state index in [4.69, 9.17) is 9.31 Å². The highest BCUT2D eigenvalue weighted by Gasteiger charge is 1.99. The second-order valence-corrected chi connectivity index (χ2v) is 4.04. The third kappa shape index (κ3) is 3.56. The third-order valence-corrected chi connectivity index (χ3v) is 2.46. The standard InChI is InChI=1S/C14H15BO2/c1-11-6-8-13(9-7-11)16-15-17-14-5-3-4-12(2)10-14/h3-10,15H,1-2H3. The van der Waals surface area contributed by atoms with Crippen molar-refractivity contribution in [2.75, 3.05) is 0 Å². The molecule has 0 aliphatic rings. The summed E-state index contributed by atoms with van der Waals surface area (Å²) in [4.78, 5) is 0. The fraction of sp³-hybridized carbons (Fsp3) is 0.143. The van der Waals surface area contributed by atoms with Gasteiger partial charge in [-0.25, -0.2) is 0 Å². The van der Waals surface area contributed by atoms with Crippen molar-refractivity contribution in [2.24, 2.45) is 0 Å². The van der Waals surface area contributed by atoms with Crippen LogP contribution in [0, 0.1) is 13.8 Å². The highest BCUT2D eigenvalue weighted by Crippen LogP contribution is 2.14. The van der Waals surface area contributed by atoms with Crippen LogP contribution in [0.1, 0.15) is 11.1 Å². The van der Waals surface area contributed by atoms with Crippen LogP contribution in [0.4, 0.5) is 0 Å². The Morgan fingerprint density at radius 3 is 2.18 bits per heavy atom. The fourth-order valence-corrected chi connectivity index (χ4v) is 1.51. The number of benzene rings is 2. The van der Waals surface area contributed by atoms with Gasteiger partial charge in [-0.2, -0.15) is 0 Å². The summed E-state index contributed by atoms with van der Waals surface area (Å²) in [6.45, 7) is 4.08. The molecule has 0 N–H and O–H groups in total. The van der Waals surface area contributed by atoms with Crippen molar-refractivity contribution in [1.29, 1.82) is 0 Å². The zero-order valence-corrected chi connectivity index (χ0v) is 10.1. The number of hydrogen-bond acceptors (Lipinski definition) is 2.